The normalized spacial score (nSPS) is 18.8. The minimum atomic E-state index is 0.678. The third-order valence-corrected chi connectivity index (χ3v) is 3.73. The molecule has 2 rings (SSSR count). The van der Waals surface area contributed by atoms with Crippen molar-refractivity contribution in [2.45, 2.75) is 39.3 Å². The number of nitrogens with one attached hydrogen (secondary N) is 1. The van der Waals surface area contributed by atoms with Gasteiger partial charge in [0.1, 0.15) is 0 Å². The summed E-state index contributed by atoms with van der Waals surface area (Å²) in [4.78, 5) is 2.52. The highest BCUT2D eigenvalue weighted by Gasteiger charge is 2.17. The average molecular weight is 236 g/mol. The molecule has 1 aromatic heterocycles. The summed E-state index contributed by atoms with van der Waals surface area (Å²) in [6.45, 7) is 8.94. The van der Waals surface area contributed by atoms with Gasteiger partial charge in [0.2, 0.25) is 0 Å². The number of rotatable bonds is 4. The molecular formula is C13H24N4. The molecule has 0 bridgehead atoms. The Balaban J connectivity index is 1.77. The summed E-state index contributed by atoms with van der Waals surface area (Å²) in [7, 11) is 1.98. The summed E-state index contributed by atoms with van der Waals surface area (Å²) in [6, 6.07) is 0.678. The largest absolute Gasteiger partial charge is 0.310 e. The van der Waals surface area contributed by atoms with E-state index in [-0.39, 0.29) is 0 Å². The Morgan fingerprint density at radius 1 is 1.41 bits per heavy atom. The number of hydrogen-bond acceptors (Lipinski definition) is 3. The fraction of sp³-hybridized carbons (Fsp3) is 0.769. The fourth-order valence-corrected chi connectivity index (χ4v) is 2.53. The van der Waals surface area contributed by atoms with Gasteiger partial charge in [-0.05, 0) is 39.4 Å². The molecule has 0 radical (unpaired) electrons. The molecule has 0 atom stereocenters. The van der Waals surface area contributed by atoms with Crippen molar-refractivity contribution in [2.75, 3.05) is 19.6 Å². The third-order valence-electron chi connectivity index (χ3n) is 3.73. The Kier molecular flexibility index (Phi) is 4.18. The van der Waals surface area contributed by atoms with Crippen molar-refractivity contribution in [3.8, 4) is 0 Å². The molecule has 1 fully saturated rings. The lowest BCUT2D eigenvalue weighted by Gasteiger charge is -2.31. The lowest BCUT2D eigenvalue weighted by atomic mass is 10.0. The van der Waals surface area contributed by atoms with Crippen LogP contribution in [0.4, 0.5) is 0 Å². The van der Waals surface area contributed by atoms with Gasteiger partial charge >= 0.3 is 0 Å². The van der Waals surface area contributed by atoms with Gasteiger partial charge in [0, 0.05) is 31.4 Å². The van der Waals surface area contributed by atoms with E-state index >= 15 is 0 Å². The molecule has 0 amide bonds. The van der Waals surface area contributed by atoms with E-state index in [1.165, 1.54) is 38.0 Å². The summed E-state index contributed by atoms with van der Waals surface area (Å²) in [5.41, 5.74) is 2.47. The van der Waals surface area contributed by atoms with Gasteiger partial charge < -0.3 is 10.2 Å². The standard InChI is InChI=1S/C13H24N4/c1-4-17-7-5-13(6-8-17)14-9-12-10-16(3)15-11(12)2/h10,13-14H,4-9H2,1-3H3. The van der Waals surface area contributed by atoms with E-state index in [1.54, 1.807) is 0 Å². The molecule has 4 heteroatoms. The van der Waals surface area contributed by atoms with Crippen molar-refractivity contribution in [3.05, 3.63) is 17.5 Å². The first-order chi connectivity index (χ1) is 8.19. The van der Waals surface area contributed by atoms with Crippen LogP contribution in [0.15, 0.2) is 6.20 Å². The van der Waals surface area contributed by atoms with Crippen LogP contribution in [0.3, 0.4) is 0 Å². The monoisotopic (exact) mass is 236 g/mol. The molecule has 1 aliphatic rings. The maximum atomic E-state index is 4.37. The summed E-state index contributed by atoms with van der Waals surface area (Å²) >= 11 is 0. The number of piperidine rings is 1. The predicted molar refractivity (Wildman–Crippen MR) is 69.9 cm³/mol. The first-order valence-electron chi connectivity index (χ1n) is 6.64. The number of nitrogens with zero attached hydrogens (tertiary/aromatic N) is 3. The minimum Gasteiger partial charge on any atom is -0.310 e. The summed E-state index contributed by atoms with van der Waals surface area (Å²) in [6.07, 6.45) is 4.66. The second-order valence-corrected chi connectivity index (χ2v) is 5.00. The van der Waals surface area contributed by atoms with Gasteiger partial charge in [0.05, 0.1) is 5.69 Å². The highest BCUT2D eigenvalue weighted by Crippen LogP contribution is 2.11. The highest BCUT2D eigenvalue weighted by atomic mass is 15.3. The quantitative estimate of drug-likeness (QED) is 0.855. The molecule has 96 valence electrons. The molecule has 4 nitrogen and oxygen atoms in total. The maximum Gasteiger partial charge on any atom is 0.0638 e. The summed E-state index contributed by atoms with van der Waals surface area (Å²) in [5, 5.41) is 8.03. The lowest BCUT2D eigenvalue weighted by molar-refractivity contribution is 0.206. The van der Waals surface area contributed by atoms with Crippen LogP contribution in [-0.2, 0) is 13.6 Å². The Bertz CT molecular complexity index is 350. The molecule has 1 saturated heterocycles. The average Bonchev–Trinajstić information content (AvgIpc) is 2.66. The van der Waals surface area contributed by atoms with Crippen molar-refractivity contribution >= 4 is 0 Å². The van der Waals surface area contributed by atoms with Gasteiger partial charge in [-0.2, -0.15) is 5.10 Å². The zero-order chi connectivity index (χ0) is 12.3. The van der Waals surface area contributed by atoms with Gasteiger partial charge in [-0.25, -0.2) is 0 Å². The van der Waals surface area contributed by atoms with E-state index in [0.29, 0.717) is 6.04 Å². The summed E-state index contributed by atoms with van der Waals surface area (Å²) < 4.78 is 1.89. The van der Waals surface area contributed by atoms with Crippen LogP contribution < -0.4 is 5.32 Å². The van der Waals surface area contributed by atoms with Crippen LogP contribution >= 0.6 is 0 Å². The second kappa shape index (κ2) is 5.65. The van der Waals surface area contributed by atoms with Gasteiger partial charge in [0.25, 0.3) is 0 Å². The van der Waals surface area contributed by atoms with Crippen LogP contribution in [-0.4, -0.2) is 40.4 Å². The molecule has 0 aromatic carbocycles. The van der Waals surface area contributed by atoms with E-state index in [9.17, 15) is 0 Å². The SMILES string of the molecule is CCN1CCC(NCc2cn(C)nc2C)CC1. The Hall–Kier alpha value is -0.870. The van der Waals surface area contributed by atoms with Gasteiger partial charge in [0.15, 0.2) is 0 Å². The minimum absolute atomic E-state index is 0.678. The van der Waals surface area contributed by atoms with Crippen LogP contribution in [0.5, 0.6) is 0 Å². The number of likely N-dealkylation sites (tertiary alicyclic amines) is 1. The first kappa shape index (κ1) is 12.6. The van der Waals surface area contributed by atoms with E-state index in [1.807, 2.05) is 11.7 Å². The van der Waals surface area contributed by atoms with E-state index in [0.717, 1.165) is 12.2 Å². The number of aryl methyl sites for hydroxylation is 2. The van der Waals surface area contributed by atoms with Crippen LogP contribution in [0.1, 0.15) is 31.0 Å². The molecule has 17 heavy (non-hydrogen) atoms. The predicted octanol–water partition coefficient (Wildman–Crippen LogP) is 1.30. The lowest BCUT2D eigenvalue weighted by Crippen LogP contribution is -2.42. The number of aromatic nitrogens is 2. The van der Waals surface area contributed by atoms with Crippen molar-refractivity contribution in [1.82, 2.24) is 20.0 Å². The second-order valence-electron chi connectivity index (χ2n) is 5.00. The molecule has 1 aliphatic heterocycles. The molecule has 0 saturated carbocycles. The fourth-order valence-electron chi connectivity index (χ4n) is 2.53. The molecular weight excluding hydrogens is 212 g/mol. The van der Waals surface area contributed by atoms with Crippen molar-refractivity contribution in [2.24, 2.45) is 7.05 Å². The Labute approximate surface area is 104 Å². The Morgan fingerprint density at radius 3 is 2.65 bits per heavy atom. The van der Waals surface area contributed by atoms with Crippen LogP contribution in [0, 0.1) is 6.92 Å². The molecule has 0 unspecified atom stereocenters. The van der Waals surface area contributed by atoms with Gasteiger partial charge in [-0.3, -0.25) is 4.68 Å². The molecule has 1 N–H and O–H groups in total. The van der Waals surface area contributed by atoms with E-state index in [4.69, 9.17) is 0 Å². The Morgan fingerprint density at radius 2 is 2.12 bits per heavy atom. The van der Waals surface area contributed by atoms with Gasteiger partial charge in [-0.1, -0.05) is 6.92 Å². The summed E-state index contributed by atoms with van der Waals surface area (Å²) in [5.74, 6) is 0. The molecule has 1 aromatic rings. The third kappa shape index (κ3) is 3.30. The smallest absolute Gasteiger partial charge is 0.0638 e. The first-order valence-corrected chi connectivity index (χ1v) is 6.64. The topological polar surface area (TPSA) is 33.1 Å². The molecule has 0 aliphatic carbocycles. The highest BCUT2D eigenvalue weighted by molar-refractivity contribution is 5.14. The van der Waals surface area contributed by atoms with Crippen molar-refractivity contribution < 1.29 is 0 Å². The zero-order valence-electron chi connectivity index (χ0n) is 11.2. The van der Waals surface area contributed by atoms with Crippen molar-refractivity contribution in [1.29, 1.82) is 0 Å². The molecule has 0 spiro atoms. The zero-order valence-corrected chi connectivity index (χ0v) is 11.2. The van der Waals surface area contributed by atoms with Gasteiger partial charge in [-0.15, -0.1) is 0 Å². The van der Waals surface area contributed by atoms with Crippen molar-refractivity contribution in [3.63, 3.8) is 0 Å². The van der Waals surface area contributed by atoms with Crippen LogP contribution in [0.25, 0.3) is 0 Å². The maximum absolute atomic E-state index is 4.37. The van der Waals surface area contributed by atoms with E-state index < -0.39 is 0 Å². The number of hydrogen-bond donors (Lipinski definition) is 1. The van der Waals surface area contributed by atoms with E-state index in [2.05, 4.69) is 35.4 Å². The van der Waals surface area contributed by atoms with Crippen LogP contribution in [0.2, 0.25) is 0 Å². The molecule has 2 heterocycles.